The number of hydrogen-bond donors (Lipinski definition) is 2. The summed E-state index contributed by atoms with van der Waals surface area (Å²) in [4.78, 5) is 34.8. The number of nitrogens with one attached hydrogen (secondary N) is 2. The van der Waals surface area contributed by atoms with Crippen molar-refractivity contribution < 1.29 is 4.79 Å². The number of aromatic amines is 1. The van der Waals surface area contributed by atoms with Crippen LogP contribution in [0.2, 0.25) is 0 Å². The average Bonchev–Trinajstić information content (AvgIpc) is 3.66. The molecule has 1 fully saturated rings. The van der Waals surface area contributed by atoms with Crippen molar-refractivity contribution in [1.82, 2.24) is 34.5 Å². The molecule has 10 heteroatoms. The number of carbonyl (C=O) groups is 1. The third-order valence-corrected chi connectivity index (χ3v) is 7.43. The van der Waals surface area contributed by atoms with Crippen LogP contribution < -0.4 is 5.32 Å². The van der Waals surface area contributed by atoms with Crippen LogP contribution in [-0.4, -0.2) is 79.9 Å². The number of aliphatic imine (C=N–C) groups is 1. The fourth-order valence-corrected chi connectivity index (χ4v) is 5.28. The maximum atomic E-state index is 13.4. The van der Waals surface area contributed by atoms with Gasteiger partial charge in [-0.05, 0) is 50.9 Å². The third-order valence-electron chi connectivity index (χ3n) is 7.43. The third kappa shape index (κ3) is 4.67. The summed E-state index contributed by atoms with van der Waals surface area (Å²) in [5.74, 6) is 1.78. The summed E-state index contributed by atoms with van der Waals surface area (Å²) >= 11 is 0. The van der Waals surface area contributed by atoms with Crippen LogP contribution in [0.1, 0.15) is 53.8 Å². The standard InChI is InChI=1S/C28H33N9O/c1-18(2)37-23(27(38)36-14-12-35(3)13-15-36)16-24(34-37)31-28-32-25-22(10-11-29-25)26(33-28)30-17-20-9-8-19-6-4-5-7-21(19)20/h4-7,10-11,16-18,20H,8-9,12-15H2,1-3H3,(H2,29,31,32,33,34). The Hall–Kier alpha value is -4.05. The Balaban J connectivity index is 1.27. The van der Waals surface area contributed by atoms with Crippen molar-refractivity contribution in [2.24, 2.45) is 4.99 Å². The molecule has 0 radical (unpaired) electrons. The second-order valence-corrected chi connectivity index (χ2v) is 10.4. The normalized spacial score (nSPS) is 18.1. The van der Waals surface area contributed by atoms with Gasteiger partial charge >= 0.3 is 0 Å². The lowest BCUT2D eigenvalue weighted by Crippen LogP contribution is -2.47. The number of amides is 1. The van der Waals surface area contributed by atoms with Crippen molar-refractivity contribution in [3.8, 4) is 0 Å². The van der Waals surface area contributed by atoms with Gasteiger partial charge in [-0.25, -0.2) is 4.99 Å². The number of nitrogens with zero attached hydrogens (tertiary/aromatic N) is 7. The first-order chi connectivity index (χ1) is 18.5. The molecule has 4 aromatic rings. The molecule has 38 heavy (non-hydrogen) atoms. The minimum absolute atomic E-state index is 0.00442. The van der Waals surface area contributed by atoms with E-state index in [-0.39, 0.29) is 17.9 Å². The molecule has 1 atom stereocenters. The number of anilines is 2. The fourth-order valence-electron chi connectivity index (χ4n) is 5.28. The van der Waals surface area contributed by atoms with Gasteiger partial charge in [-0.3, -0.25) is 9.48 Å². The van der Waals surface area contributed by atoms with Crippen molar-refractivity contribution >= 4 is 40.7 Å². The smallest absolute Gasteiger partial charge is 0.272 e. The van der Waals surface area contributed by atoms with Crippen molar-refractivity contribution in [2.45, 2.75) is 38.6 Å². The van der Waals surface area contributed by atoms with Crippen molar-refractivity contribution in [2.75, 3.05) is 38.5 Å². The molecule has 10 nitrogen and oxygen atoms in total. The molecular formula is C28H33N9O. The minimum atomic E-state index is -0.00442. The van der Waals surface area contributed by atoms with E-state index in [0.29, 0.717) is 42.0 Å². The summed E-state index contributed by atoms with van der Waals surface area (Å²) in [6, 6.07) is 12.3. The van der Waals surface area contributed by atoms with Crippen LogP contribution in [0.5, 0.6) is 0 Å². The van der Waals surface area contributed by atoms with Crippen LogP contribution >= 0.6 is 0 Å². The summed E-state index contributed by atoms with van der Waals surface area (Å²) in [5.41, 5.74) is 3.99. The Bertz CT molecular complexity index is 1490. The van der Waals surface area contributed by atoms with E-state index >= 15 is 0 Å². The molecule has 196 valence electrons. The summed E-state index contributed by atoms with van der Waals surface area (Å²) in [7, 11) is 2.08. The minimum Gasteiger partial charge on any atom is -0.346 e. The zero-order chi connectivity index (χ0) is 26.2. The van der Waals surface area contributed by atoms with E-state index in [9.17, 15) is 4.79 Å². The average molecular weight is 512 g/mol. The molecule has 1 aromatic carbocycles. The molecule has 1 saturated heterocycles. The number of hydrogen-bond acceptors (Lipinski definition) is 7. The number of rotatable bonds is 6. The van der Waals surface area contributed by atoms with Crippen molar-refractivity contribution in [3.05, 3.63) is 59.4 Å². The van der Waals surface area contributed by atoms with E-state index in [1.807, 2.05) is 37.2 Å². The van der Waals surface area contributed by atoms with Crippen molar-refractivity contribution in [1.29, 1.82) is 0 Å². The zero-order valence-corrected chi connectivity index (χ0v) is 22.1. The summed E-state index contributed by atoms with van der Waals surface area (Å²) in [6.45, 7) is 7.19. The lowest BCUT2D eigenvalue weighted by molar-refractivity contribution is 0.0649. The Kier molecular flexibility index (Phi) is 6.40. The van der Waals surface area contributed by atoms with Gasteiger partial charge < -0.3 is 20.1 Å². The molecule has 6 rings (SSSR count). The molecule has 1 amide bonds. The largest absolute Gasteiger partial charge is 0.346 e. The number of fused-ring (bicyclic) bond motifs is 2. The van der Waals surface area contributed by atoms with Gasteiger partial charge in [0.15, 0.2) is 11.6 Å². The molecule has 0 saturated carbocycles. The summed E-state index contributed by atoms with van der Waals surface area (Å²) < 4.78 is 1.77. The SMILES string of the molecule is CC(C)n1nc(Nc2nc(N=CC3CCc4ccccc43)c3cc[nH]c3n2)cc1C(=O)N1CCN(C)CC1. The van der Waals surface area contributed by atoms with E-state index in [4.69, 9.17) is 9.98 Å². The zero-order valence-electron chi connectivity index (χ0n) is 22.1. The molecule has 2 N–H and O–H groups in total. The number of piperazine rings is 1. The summed E-state index contributed by atoms with van der Waals surface area (Å²) in [5, 5.41) is 8.77. The molecule has 2 aliphatic rings. The molecule has 3 aromatic heterocycles. The first-order valence-corrected chi connectivity index (χ1v) is 13.3. The van der Waals surface area contributed by atoms with Crippen LogP contribution in [0.25, 0.3) is 11.0 Å². The van der Waals surface area contributed by atoms with Gasteiger partial charge in [-0.1, -0.05) is 24.3 Å². The Labute approximate surface area is 221 Å². The van der Waals surface area contributed by atoms with Crippen LogP contribution in [0.3, 0.4) is 0 Å². The van der Waals surface area contributed by atoms with Gasteiger partial charge in [-0.15, -0.1) is 0 Å². The van der Waals surface area contributed by atoms with Crippen LogP contribution in [0.4, 0.5) is 17.6 Å². The maximum absolute atomic E-state index is 13.4. The molecule has 1 unspecified atom stereocenters. The Morgan fingerprint density at radius 1 is 1.16 bits per heavy atom. The van der Waals surface area contributed by atoms with Crippen LogP contribution in [0, 0.1) is 0 Å². The molecule has 0 bridgehead atoms. The molecule has 4 heterocycles. The highest BCUT2D eigenvalue weighted by atomic mass is 16.2. The van der Waals surface area contributed by atoms with Crippen LogP contribution in [0.15, 0.2) is 47.6 Å². The number of carbonyl (C=O) groups excluding carboxylic acids is 1. The van der Waals surface area contributed by atoms with Gasteiger partial charge in [-0.2, -0.15) is 15.1 Å². The van der Waals surface area contributed by atoms with Gasteiger partial charge in [0.2, 0.25) is 5.95 Å². The lowest BCUT2D eigenvalue weighted by atomic mass is 10.0. The second kappa shape index (κ2) is 10.0. The predicted octanol–water partition coefficient (Wildman–Crippen LogP) is 4.30. The lowest BCUT2D eigenvalue weighted by Gasteiger charge is -2.32. The van der Waals surface area contributed by atoms with Crippen LogP contribution in [-0.2, 0) is 6.42 Å². The van der Waals surface area contributed by atoms with Crippen molar-refractivity contribution in [3.63, 3.8) is 0 Å². The molecule has 0 spiro atoms. The molecule has 1 aliphatic carbocycles. The Morgan fingerprint density at radius 2 is 1.97 bits per heavy atom. The van der Waals surface area contributed by atoms with E-state index in [1.165, 1.54) is 11.1 Å². The van der Waals surface area contributed by atoms with Gasteiger partial charge in [0.1, 0.15) is 11.3 Å². The Morgan fingerprint density at radius 3 is 2.79 bits per heavy atom. The number of H-pyrrole nitrogens is 1. The quantitative estimate of drug-likeness (QED) is 0.374. The van der Waals surface area contributed by atoms with E-state index in [0.717, 1.165) is 31.3 Å². The highest BCUT2D eigenvalue weighted by molar-refractivity contribution is 5.94. The first kappa shape index (κ1) is 24.3. The first-order valence-electron chi connectivity index (χ1n) is 13.3. The number of likely N-dealkylation sites (N-methyl/N-ethyl adjacent to an activating group) is 1. The molecule has 1 aliphatic heterocycles. The van der Waals surface area contributed by atoms with Gasteiger partial charge in [0, 0.05) is 56.6 Å². The number of aromatic nitrogens is 5. The van der Waals surface area contributed by atoms with Gasteiger partial charge in [0.05, 0.1) is 5.39 Å². The molecular weight excluding hydrogens is 478 g/mol. The fraction of sp³-hybridized carbons (Fsp3) is 0.393. The van der Waals surface area contributed by atoms with Gasteiger partial charge in [0.25, 0.3) is 5.91 Å². The highest BCUT2D eigenvalue weighted by Gasteiger charge is 2.26. The summed E-state index contributed by atoms with van der Waals surface area (Å²) in [6.07, 6.45) is 5.96. The second-order valence-electron chi connectivity index (χ2n) is 10.4. The maximum Gasteiger partial charge on any atom is 0.272 e. The van der Waals surface area contributed by atoms with E-state index < -0.39 is 0 Å². The van der Waals surface area contributed by atoms with E-state index in [1.54, 1.807) is 10.7 Å². The monoisotopic (exact) mass is 511 g/mol. The van der Waals surface area contributed by atoms with E-state index in [2.05, 4.69) is 56.6 Å². The number of aryl methyl sites for hydroxylation is 1. The predicted molar refractivity (Wildman–Crippen MR) is 149 cm³/mol. The number of benzene rings is 1. The highest BCUT2D eigenvalue weighted by Crippen LogP contribution is 2.33. The topological polar surface area (TPSA) is 107 Å².